The van der Waals surface area contributed by atoms with E-state index in [1.165, 1.54) is 10.8 Å². The van der Waals surface area contributed by atoms with Crippen LogP contribution in [0.25, 0.3) is 10.8 Å². The van der Waals surface area contributed by atoms with E-state index in [0.717, 1.165) is 0 Å². The topological polar surface area (TPSA) is 0 Å². The van der Waals surface area contributed by atoms with Gasteiger partial charge in [-0.05, 0) is 0 Å². The predicted molar refractivity (Wildman–Crippen MR) is 115 cm³/mol. The van der Waals surface area contributed by atoms with Crippen molar-refractivity contribution < 1.29 is 26.2 Å². The summed E-state index contributed by atoms with van der Waals surface area (Å²) < 4.78 is 0. The molecular formula is C27H22Zr. The smallest absolute Gasteiger partial charge is 0.184 e. The Bertz CT molecular complexity index is 728. The zero-order valence-corrected chi connectivity index (χ0v) is 18.2. The molecule has 0 nitrogen and oxygen atoms in total. The molecule has 0 saturated heterocycles. The van der Waals surface area contributed by atoms with Crippen LogP contribution >= 0.6 is 0 Å². The third-order valence-electron chi connectivity index (χ3n) is 3.37. The summed E-state index contributed by atoms with van der Waals surface area (Å²) in [5.74, 6) is 0. The van der Waals surface area contributed by atoms with Gasteiger partial charge in [-0.25, -0.2) is 0 Å². The van der Waals surface area contributed by atoms with Crippen LogP contribution < -0.4 is 0 Å². The minimum Gasteiger partial charge on any atom is -0.184 e. The molecule has 0 amide bonds. The average molecular weight is 438 g/mol. The summed E-state index contributed by atoms with van der Waals surface area (Å²) in [5, 5.41) is 2.66. The van der Waals surface area contributed by atoms with Crippen LogP contribution in [0.15, 0.2) is 133 Å². The van der Waals surface area contributed by atoms with E-state index in [2.05, 4.69) is 60.7 Å². The zero-order chi connectivity index (χ0) is 18.8. The van der Waals surface area contributed by atoms with Gasteiger partial charge in [0, 0.05) is 0 Å². The van der Waals surface area contributed by atoms with Crippen molar-refractivity contribution in [2.24, 2.45) is 0 Å². The fraction of sp³-hybridized carbons (Fsp3) is 0. The van der Waals surface area contributed by atoms with Crippen molar-refractivity contribution in [2.75, 3.05) is 0 Å². The van der Waals surface area contributed by atoms with Gasteiger partial charge in [0.05, 0.1) is 0 Å². The molecule has 1 heteroatoms. The molecule has 5 rings (SSSR count). The molecule has 0 heterocycles. The molecule has 0 unspecified atom stereocenters. The van der Waals surface area contributed by atoms with Gasteiger partial charge in [0.25, 0.3) is 0 Å². The van der Waals surface area contributed by atoms with Gasteiger partial charge in [0.15, 0.2) is 0 Å². The van der Waals surface area contributed by atoms with Crippen molar-refractivity contribution in [3.05, 3.63) is 152 Å². The monoisotopic (exact) mass is 436 g/mol. The summed E-state index contributed by atoms with van der Waals surface area (Å²) in [6, 6.07) is 52.2. The van der Waals surface area contributed by atoms with Gasteiger partial charge in [-0.15, -0.1) is 29.7 Å². The summed E-state index contributed by atoms with van der Waals surface area (Å²) in [6.45, 7) is 0. The van der Waals surface area contributed by atoms with Crippen LogP contribution in [0.4, 0.5) is 0 Å². The standard InChI is InChI=1S/C9H7.3C6H5.Zr/c1-2-5-9-7-3-6-8(9)4-1;3*1-2-4-6-5-3-1;/h1-7H;3*1-5H;/q4*-1;+4. The average Bonchev–Trinajstić information content (AvgIpc) is 3.28. The quantitative estimate of drug-likeness (QED) is 0.228. The van der Waals surface area contributed by atoms with Crippen molar-refractivity contribution in [3.8, 4) is 0 Å². The third-order valence-corrected chi connectivity index (χ3v) is 3.37. The summed E-state index contributed by atoms with van der Waals surface area (Å²) in [5.41, 5.74) is 0. The molecule has 28 heavy (non-hydrogen) atoms. The molecule has 5 aromatic rings. The molecule has 0 spiro atoms. The molecule has 0 aliphatic carbocycles. The van der Waals surface area contributed by atoms with Crippen LogP contribution in [-0.4, -0.2) is 0 Å². The Morgan fingerprint density at radius 2 is 0.893 bits per heavy atom. The molecule has 134 valence electrons. The summed E-state index contributed by atoms with van der Waals surface area (Å²) >= 11 is 0. The Hall–Kier alpha value is -2.63. The number of rotatable bonds is 0. The van der Waals surface area contributed by atoms with Crippen LogP contribution in [0.2, 0.25) is 0 Å². The first kappa shape index (κ1) is 23.4. The minimum atomic E-state index is 0. The van der Waals surface area contributed by atoms with Crippen LogP contribution in [0.3, 0.4) is 0 Å². The SMILES string of the molecule is [Zr+4].[c-]1ccccc1.[c-]1ccccc1.[c-]1ccccc1.c1ccc2[cH-]ccc2c1. The molecule has 0 aromatic heterocycles. The van der Waals surface area contributed by atoms with Gasteiger partial charge in [0.2, 0.25) is 0 Å². The van der Waals surface area contributed by atoms with Gasteiger partial charge >= 0.3 is 26.2 Å². The molecular weight excluding hydrogens is 416 g/mol. The number of hydrogen-bond donors (Lipinski definition) is 0. The van der Waals surface area contributed by atoms with Crippen molar-refractivity contribution >= 4 is 10.8 Å². The van der Waals surface area contributed by atoms with Gasteiger partial charge in [-0.3, -0.25) is 0 Å². The van der Waals surface area contributed by atoms with E-state index in [1.807, 2.05) is 91.0 Å². The van der Waals surface area contributed by atoms with E-state index in [4.69, 9.17) is 0 Å². The van der Waals surface area contributed by atoms with Crippen molar-refractivity contribution in [1.29, 1.82) is 0 Å². The van der Waals surface area contributed by atoms with Crippen LogP contribution in [0.5, 0.6) is 0 Å². The molecule has 0 aliphatic rings. The van der Waals surface area contributed by atoms with E-state index in [1.54, 1.807) is 0 Å². The molecule has 0 N–H and O–H groups in total. The van der Waals surface area contributed by atoms with Gasteiger partial charge < -0.3 is 0 Å². The van der Waals surface area contributed by atoms with Crippen molar-refractivity contribution in [3.63, 3.8) is 0 Å². The molecule has 0 atom stereocenters. The van der Waals surface area contributed by atoms with Gasteiger partial charge in [-0.1, -0.05) is 6.07 Å². The van der Waals surface area contributed by atoms with Crippen LogP contribution in [0, 0.1) is 18.2 Å². The van der Waals surface area contributed by atoms with E-state index in [-0.39, 0.29) is 26.2 Å². The molecule has 5 aromatic carbocycles. The summed E-state index contributed by atoms with van der Waals surface area (Å²) in [4.78, 5) is 0. The Labute approximate surface area is 188 Å². The number of hydrogen-bond acceptors (Lipinski definition) is 0. The Morgan fingerprint density at radius 3 is 1.21 bits per heavy atom. The van der Waals surface area contributed by atoms with Gasteiger partial charge in [-0.2, -0.15) is 127 Å². The maximum atomic E-state index is 2.89. The van der Waals surface area contributed by atoms with Crippen LogP contribution in [-0.2, 0) is 26.2 Å². The van der Waals surface area contributed by atoms with E-state index < -0.39 is 0 Å². The molecule has 0 saturated carbocycles. The van der Waals surface area contributed by atoms with Gasteiger partial charge in [0.1, 0.15) is 0 Å². The summed E-state index contributed by atoms with van der Waals surface area (Å²) in [6.07, 6.45) is 0. The van der Waals surface area contributed by atoms with Crippen LogP contribution in [0.1, 0.15) is 0 Å². The second kappa shape index (κ2) is 16.5. The largest absolute Gasteiger partial charge is 4.00 e. The maximum absolute atomic E-state index is 2.89. The van der Waals surface area contributed by atoms with E-state index in [0.29, 0.717) is 0 Å². The van der Waals surface area contributed by atoms with Crippen molar-refractivity contribution in [2.45, 2.75) is 0 Å². The third kappa shape index (κ3) is 11.2. The fourth-order valence-corrected chi connectivity index (χ4v) is 2.10. The summed E-state index contributed by atoms with van der Waals surface area (Å²) in [7, 11) is 0. The molecule has 0 fully saturated rings. The van der Waals surface area contributed by atoms with Crippen molar-refractivity contribution in [1.82, 2.24) is 0 Å². The minimum absolute atomic E-state index is 0. The number of fused-ring (bicyclic) bond motifs is 1. The molecule has 0 aliphatic heterocycles. The fourth-order valence-electron chi connectivity index (χ4n) is 2.10. The number of benzene rings is 4. The normalized spacial score (nSPS) is 8.43. The first-order chi connectivity index (χ1) is 13.5. The second-order valence-corrected chi connectivity index (χ2v) is 5.39. The zero-order valence-electron chi connectivity index (χ0n) is 15.7. The predicted octanol–water partition coefficient (Wildman–Crippen LogP) is 7.02. The Morgan fingerprint density at radius 1 is 0.464 bits per heavy atom. The van der Waals surface area contributed by atoms with E-state index >= 15 is 0 Å². The molecule has 0 radical (unpaired) electrons. The first-order valence-corrected chi connectivity index (χ1v) is 8.80. The first-order valence-electron chi connectivity index (χ1n) is 8.80. The second-order valence-electron chi connectivity index (χ2n) is 5.39. The maximum Gasteiger partial charge on any atom is 4.00 e. The van der Waals surface area contributed by atoms with E-state index in [9.17, 15) is 0 Å². The Balaban J connectivity index is 0.000000188. The Kier molecular flexibility index (Phi) is 13.8. The molecule has 0 bridgehead atoms.